The molecule has 0 saturated carbocycles. The van der Waals surface area contributed by atoms with Gasteiger partial charge in [-0.25, -0.2) is 13.6 Å². The summed E-state index contributed by atoms with van der Waals surface area (Å²) in [5, 5.41) is 4.20. The number of ether oxygens (including phenoxy) is 1. The number of nitrogens with zero attached hydrogens (tertiary/aromatic N) is 4. The Morgan fingerprint density at radius 3 is 2.74 bits per heavy atom. The van der Waals surface area contributed by atoms with Gasteiger partial charge in [0.05, 0.1) is 30.4 Å². The normalized spacial score (nSPS) is 16.4. The van der Waals surface area contributed by atoms with Gasteiger partial charge in [0.1, 0.15) is 11.6 Å². The first kappa shape index (κ1) is 24.0. The van der Waals surface area contributed by atoms with E-state index in [1.54, 1.807) is 39.3 Å². The summed E-state index contributed by atoms with van der Waals surface area (Å²) in [5.41, 5.74) is 2.21. The van der Waals surface area contributed by atoms with Gasteiger partial charge in [0.15, 0.2) is 0 Å². The molecule has 1 aromatic carbocycles. The molecule has 3 heterocycles. The summed E-state index contributed by atoms with van der Waals surface area (Å²) in [6.45, 7) is 4.64. The predicted molar refractivity (Wildman–Crippen MR) is 127 cm³/mol. The third-order valence-electron chi connectivity index (χ3n) is 6.15. The van der Waals surface area contributed by atoms with Crippen molar-refractivity contribution in [1.82, 2.24) is 18.6 Å². The molecule has 0 aliphatic carbocycles. The number of carbonyl (C=O) groups excluding carboxylic acids is 1. The maximum Gasteiger partial charge on any atom is 0.304 e. The summed E-state index contributed by atoms with van der Waals surface area (Å²) in [6, 6.07) is 8.07. The number of amides is 1. The molecule has 1 aliphatic heterocycles. The number of nitrogens with one attached hydrogen (secondary N) is 1. The number of fused-ring (bicyclic) bond motifs is 1. The summed E-state index contributed by atoms with van der Waals surface area (Å²) in [5.74, 6) is -0.462. The number of benzene rings is 1. The number of rotatable bonds is 8. The number of hydrogen-bond donors (Lipinski definition) is 1. The van der Waals surface area contributed by atoms with Gasteiger partial charge < -0.3 is 9.64 Å². The lowest BCUT2D eigenvalue weighted by Gasteiger charge is -2.28. The molecular formula is C23H28FN5O4S. The topological polar surface area (TPSA) is 96.2 Å². The van der Waals surface area contributed by atoms with Gasteiger partial charge in [0.2, 0.25) is 0 Å². The highest BCUT2D eigenvalue weighted by Crippen LogP contribution is 2.40. The summed E-state index contributed by atoms with van der Waals surface area (Å²) in [4.78, 5) is 15.0. The van der Waals surface area contributed by atoms with Crippen molar-refractivity contribution in [3.63, 3.8) is 0 Å². The average Bonchev–Trinajstić information content (AvgIpc) is 3.46. The van der Waals surface area contributed by atoms with Gasteiger partial charge in [-0.1, -0.05) is 13.8 Å². The van der Waals surface area contributed by atoms with Crippen molar-refractivity contribution in [2.45, 2.75) is 32.7 Å². The van der Waals surface area contributed by atoms with Gasteiger partial charge in [0, 0.05) is 37.1 Å². The smallest absolute Gasteiger partial charge is 0.304 e. The van der Waals surface area contributed by atoms with E-state index in [9.17, 15) is 17.6 Å². The van der Waals surface area contributed by atoms with Crippen LogP contribution in [0.4, 0.5) is 10.1 Å². The summed E-state index contributed by atoms with van der Waals surface area (Å²) < 4.78 is 49.4. The Morgan fingerprint density at radius 1 is 1.26 bits per heavy atom. The van der Waals surface area contributed by atoms with Crippen LogP contribution in [0.3, 0.4) is 0 Å². The molecule has 0 unspecified atom stereocenters. The summed E-state index contributed by atoms with van der Waals surface area (Å²) in [7, 11) is -2.40. The molecule has 3 aromatic rings. The van der Waals surface area contributed by atoms with Crippen molar-refractivity contribution < 1.29 is 22.3 Å². The van der Waals surface area contributed by atoms with Crippen LogP contribution in [-0.4, -0.2) is 55.0 Å². The molecule has 1 saturated heterocycles. The largest absolute Gasteiger partial charge is 0.496 e. The van der Waals surface area contributed by atoms with Crippen molar-refractivity contribution in [2.75, 3.05) is 31.6 Å². The quantitative estimate of drug-likeness (QED) is 0.522. The molecule has 1 fully saturated rings. The van der Waals surface area contributed by atoms with E-state index in [1.165, 1.54) is 27.2 Å². The lowest BCUT2D eigenvalue weighted by atomic mass is 10.0. The molecule has 2 aromatic heterocycles. The Kier molecular flexibility index (Phi) is 6.76. The van der Waals surface area contributed by atoms with Crippen LogP contribution in [0.2, 0.25) is 0 Å². The van der Waals surface area contributed by atoms with Crippen molar-refractivity contribution in [1.29, 1.82) is 0 Å². The zero-order valence-electron chi connectivity index (χ0n) is 19.4. The van der Waals surface area contributed by atoms with Crippen LogP contribution in [0.1, 0.15) is 48.7 Å². The predicted octanol–water partition coefficient (Wildman–Crippen LogP) is 3.14. The fraction of sp³-hybridized carbons (Fsp3) is 0.391. The molecule has 4 rings (SSSR count). The third kappa shape index (κ3) is 4.45. The van der Waals surface area contributed by atoms with E-state index in [0.29, 0.717) is 11.3 Å². The van der Waals surface area contributed by atoms with Crippen LogP contribution in [0.15, 0.2) is 42.7 Å². The molecule has 1 amide bonds. The van der Waals surface area contributed by atoms with Gasteiger partial charge >= 0.3 is 10.2 Å². The van der Waals surface area contributed by atoms with Crippen molar-refractivity contribution in [3.05, 3.63) is 59.7 Å². The molecule has 182 valence electrons. The Balaban J connectivity index is 1.67. The minimum Gasteiger partial charge on any atom is -0.496 e. The number of carbonyl (C=O) groups is 1. The first-order valence-electron chi connectivity index (χ1n) is 11.2. The molecule has 11 heteroatoms. The highest BCUT2D eigenvalue weighted by atomic mass is 32.2. The number of methoxy groups -OCH3 is 1. The molecule has 9 nitrogen and oxygen atoms in total. The second kappa shape index (κ2) is 9.59. The van der Waals surface area contributed by atoms with E-state index in [1.807, 2.05) is 6.07 Å². The molecule has 0 spiro atoms. The standard InChI is InChI=1S/C23H28FN5O4S/c1-4-27(5-2)34(31,32)26-23(30)19-15-25-29-12-10-17(14-21(19)29)28-11-6-7-20(28)18-13-16(24)8-9-22(18)33-3/h8-10,12-15,20H,4-7,11H2,1-3H3,(H,26,30)/t20-/m1/s1. The minimum absolute atomic E-state index is 0.101. The molecule has 0 bridgehead atoms. The molecule has 1 aliphatic rings. The van der Waals surface area contributed by atoms with E-state index >= 15 is 0 Å². The fourth-order valence-electron chi connectivity index (χ4n) is 4.49. The van der Waals surface area contributed by atoms with Crippen LogP contribution in [0, 0.1) is 5.82 Å². The van der Waals surface area contributed by atoms with Gasteiger partial charge in [0.25, 0.3) is 5.91 Å². The van der Waals surface area contributed by atoms with E-state index < -0.39 is 16.1 Å². The lowest BCUT2D eigenvalue weighted by molar-refractivity contribution is 0.0981. The van der Waals surface area contributed by atoms with Gasteiger partial charge in [-0.2, -0.15) is 17.8 Å². The summed E-state index contributed by atoms with van der Waals surface area (Å²) >= 11 is 0. The molecule has 1 atom stereocenters. The minimum atomic E-state index is -3.96. The van der Waals surface area contributed by atoms with E-state index in [-0.39, 0.29) is 30.5 Å². The maximum absolute atomic E-state index is 14.0. The first-order chi connectivity index (χ1) is 16.3. The second-order valence-electron chi connectivity index (χ2n) is 8.03. The van der Waals surface area contributed by atoms with Gasteiger partial charge in [-0.15, -0.1) is 0 Å². The van der Waals surface area contributed by atoms with Gasteiger partial charge in [-0.05, 0) is 43.2 Å². The zero-order chi connectivity index (χ0) is 24.5. The zero-order valence-corrected chi connectivity index (χ0v) is 20.2. The van der Waals surface area contributed by atoms with Crippen molar-refractivity contribution in [3.8, 4) is 5.75 Å². The Morgan fingerprint density at radius 2 is 2.03 bits per heavy atom. The Hall–Kier alpha value is -3.18. The molecule has 34 heavy (non-hydrogen) atoms. The van der Waals surface area contributed by atoms with Crippen molar-refractivity contribution in [2.24, 2.45) is 0 Å². The second-order valence-corrected chi connectivity index (χ2v) is 9.70. The van der Waals surface area contributed by atoms with E-state index in [0.717, 1.165) is 30.6 Å². The molecule has 1 N–H and O–H groups in total. The van der Waals surface area contributed by atoms with Crippen LogP contribution in [-0.2, 0) is 10.2 Å². The maximum atomic E-state index is 14.0. The highest BCUT2D eigenvalue weighted by Gasteiger charge is 2.30. The van der Waals surface area contributed by atoms with Crippen molar-refractivity contribution >= 4 is 27.3 Å². The number of aromatic nitrogens is 2. The molecular weight excluding hydrogens is 461 g/mol. The Labute approximate surface area is 198 Å². The third-order valence-corrected chi connectivity index (χ3v) is 7.79. The average molecular weight is 490 g/mol. The number of anilines is 1. The van der Waals surface area contributed by atoms with Crippen LogP contribution in [0.25, 0.3) is 5.52 Å². The van der Waals surface area contributed by atoms with Crippen LogP contribution in [0.5, 0.6) is 5.75 Å². The van der Waals surface area contributed by atoms with Crippen LogP contribution >= 0.6 is 0 Å². The number of hydrogen-bond acceptors (Lipinski definition) is 6. The lowest BCUT2D eigenvalue weighted by Crippen LogP contribution is -2.43. The van der Waals surface area contributed by atoms with Crippen LogP contribution < -0.4 is 14.4 Å². The Bertz CT molecular complexity index is 1310. The van der Waals surface area contributed by atoms with E-state index in [4.69, 9.17) is 4.74 Å². The van der Waals surface area contributed by atoms with Gasteiger partial charge in [-0.3, -0.25) is 4.79 Å². The van der Waals surface area contributed by atoms with E-state index in [2.05, 4.69) is 14.7 Å². The number of halogens is 1. The fourth-order valence-corrected chi connectivity index (χ4v) is 5.64. The SMILES string of the molecule is CCN(CC)S(=O)(=O)NC(=O)c1cnn2ccc(N3CCC[C@@H]3c3cc(F)ccc3OC)cc12. The monoisotopic (exact) mass is 489 g/mol. The first-order valence-corrected chi connectivity index (χ1v) is 12.6. The summed E-state index contributed by atoms with van der Waals surface area (Å²) in [6.07, 6.45) is 4.80. The highest BCUT2D eigenvalue weighted by molar-refractivity contribution is 7.87. The molecule has 0 radical (unpaired) electrons. The number of pyridine rings is 1.